The van der Waals surface area contributed by atoms with Crippen LogP contribution in [0.1, 0.15) is 0 Å². The molecule has 5 rings (SSSR count). The van der Waals surface area contributed by atoms with Gasteiger partial charge in [-0.05, 0) is 12.1 Å². The fourth-order valence-corrected chi connectivity index (χ4v) is 3.62. The Morgan fingerprint density at radius 1 is 1.17 bits per heavy atom. The molecular formula is C20H22N6O4. The van der Waals surface area contributed by atoms with E-state index in [9.17, 15) is 4.79 Å². The van der Waals surface area contributed by atoms with Crippen molar-refractivity contribution in [1.82, 2.24) is 25.1 Å². The van der Waals surface area contributed by atoms with Crippen LogP contribution in [0.25, 0.3) is 11.0 Å². The zero-order chi connectivity index (χ0) is 20.3. The molecule has 0 radical (unpaired) electrons. The molecule has 30 heavy (non-hydrogen) atoms. The van der Waals surface area contributed by atoms with Crippen LogP contribution in [0.5, 0.6) is 11.5 Å². The topological polar surface area (TPSA) is 104 Å². The minimum absolute atomic E-state index is 0.184. The van der Waals surface area contributed by atoms with Gasteiger partial charge >= 0.3 is 0 Å². The van der Waals surface area contributed by atoms with Crippen molar-refractivity contribution in [2.24, 2.45) is 0 Å². The Bertz CT molecular complexity index is 1050. The SMILES string of the molecule is O=C(NCCn1ncc2c(N3CCOCC3)ncnc21)[C@@H]1COc2ccccc2O1. The Morgan fingerprint density at radius 3 is 2.87 bits per heavy atom. The molecule has 4 heterocycles. The van der Waals surface area contributed by atoms with Crippen molar-refractivity contribution in [3.05, 3.63) is 36.8 Å². The zero-order valence-electron chi connectivity index (χ0n) is 16.4. The molecule has 1 amide bonds. The van der Waals surface area contributed by atoms with Crippen LogP contribution in [0.15, 0.2) is 36.8 Å². The summed E-state index contributed by atoms with van der Waals surface area (Å²) in [6.07, 6.45) is 2.65. The predicted octanol–water partition coefficient (Wildman–Crippen LogP) is 0.619. The van der Waals surface area contributed by atoms with Gasteiger partial charge in [0.05, 0.1) is 31.3 Å². The fourth-order valence-electron chi connectivity index (χ4n) is 3.62. The number of rotatable bonds is 5. The number of ether oxygens (including phenoxy) is 3. The number of carbonyl (C=O) groups is 1. The second kappa shape index (κ2) is 8.15. The first kappa shape index (κ1) is 18.6. The lowest BCUT2D eigenvalue weighted by Gasteiger charge is -2.27. The van der Waals surface area contributed by atoms with Gasteiger partial charge in [0.2, 0.25) is 6.10 Å². The summed E-state index contributed by atoms with van der Waals surface area (Å²) in [4.78, 5) is 23.5. The second-order valence-electron chi connectivity index (χ2n) is 7.06. The van der Waals surface area contributed by atoms with Gasteiger partial charge in [0.1, 0.15) is 18.8 Å². The van der Waals surface area contributed by atoms with Crippen LogP contribution in [0, 0.1) is 0 Å². The van der Waals surface area contributed by atoms with Crippen molar-refractivity contribution in [3.8, 4) is 11.5 Å². The zero-order valence-corrected chi connectivity index (χ0v) is 16.4. The average Bonchev–Trinajstić information content (AvgIpc) is 3.22. The Hall–Kier alpha value is -3.40. The number of para-hydroxylation sites is 2. The third-order valence-electron chi connectivity index (χ3n) is 5.15. The average molecular weight is 410 g/mol. The summed E-state index contributed by atoms with van der Waals surface area (Å²) in [7, 11) is 0. The highest BCUT2D eigenvalue weighted by atomic mass is 16.6. The Kier molecular flexibility index (Phi) is 5.06. The van der Waals surface area contributed by atoms with E-state index in [4.69, 9.17) is 14.2 Å². The first-order chi connectivity index (χ1) is 14.8. The summed E-state index contributed by atoms with van der Waals surface area (Å²) in [5.41, 5.74) is 0.743. The number of aromatic nitrogens is 4. The second-order valence-corrected chi connectivity index (χ2v) is 7.06. The van der Waals surface area contributed by atoms with Crippen molar-refractivity contribution < 1.29 is 19.0 Å². The molecule has 0 unspecified atom stereocenters. The number of morpholine rings is 1. The first-order valence-electron chi connectivity index (χ1n) is 9.95. The molecule has 0 aliphatic carbocycles. The number of hydrogen-bond donors (Lipinski definition) is 1. The molecule has 1 atom stereocenters. The normalized spacial score (nSPS) is 18.4. The van der Waals surface area contributed by atoms with Gasteiger partial charge in [0.15, 0.2) is 17.1 Å². The van der Waals surface area contributed by atoms with Gasteiger partial charge in [-0.1, -0.05) is 12.1 Å². The number of anilines is 1. The Balaban J connectivity index is 1.21. The smallest absolute Gasteiger partial charge is 0.264 e. The largest absolute Gasteiger partial charge is 0.485 e. The standard InChI is InChI=1S/C20H22N6O4/c27-20(17-12-29-15-3-1-2-4-16(15)30-17)21-5-6-26-19-14(11-24-26)18(22-13-23-19)25-7-9-28-10-8-25/h1-4,11,13,17H,5-10,12H2,(H,21,27)/t17-/m0/s1. The van der Waals surface area contributed by atoms with Crippen LogP contribution in [-0.4, -0.2) is 71.2 Å². The molecule has 2 aliphatic rings. The lowest BCUT2D eigenvalue weighted by molar-refractivity contribution is -0.130. The number of nitrogens with one attached hydrogen (secondary N) is 1. The highest BCUT2D eigenvalue weighted by molar-refractivity contribution is 5.86. The van der Waals surface area contributed by atoms with Gasteiger partial charge in [0.25, 0.3) is 5.91 Å². The molecule has 3 aromatic rings. The Morgan fingerprint density at radius 2 is 2.00 bits per heavy atom. The van der Waals surface area contributed by atoms with Gasteiger partial charge in [-0.2, -0.15) is 5.10 Å². The maximum atomic E-state index is 12.5. The fraction of sp³-hybridized carbons (Fsp3) is 0.400. The number of carbonyl (C=O) groups excluding carboxylic acids is 1. The van der Waals surface area contributed by atoms with Crippen molar-refractivity contribution in [3.63, 3.8) is 0 Å². The van der Waals surface area contributed by atoms with E-state index in [1.807, 2.05) is 18.2 Å². The van der Waals surface area contributed by atoms with Crippen LogP contribution in [0.2, 0.25) is 0 Å². The number of fused-ring (bicyclic) bond motifs is 2. The highest BCUT2D eigenvalue weighted by Crippen LogP contribution is 2.30. The molecular weight excluding hydrogens is 388 g/mol. The van der Waals surface area contributed by atoms with E-state index in [2.05, 4.69) is 25.3 Å². The maximum Gasteiger partial charge on any atom is 0.264 e. The molecule has 1 N–H and O–H groups in total. The van der Waals surface area contributed by atoms with Crippen molar-refractivity contribution in [1.29, 1.82) is 0 Å². The highest BCUT2D eigenvalue weighted by Gasteiger charge is 2.27. The molecule has 2 aliphatic heterocycles. The molecule has 1 saturated heterocycles. The molecule has 10 nitrogen and oxygen atoms in total. The molecule has 0 saturated carbocycles. The van der Waals surface area contributed by atoms with Crippen LogP contribution in [0.3, 0.4) is 0 Å². The van der Waals surface area contributed by atoms with Crippen LogP contribution in [-0.2, 0) is 16.1 Å². The van der Waals surface area contributed by atoms with Gasteiger partial charge < -0.3 is 24.4 Å². The van der Waals surface area contributed by atoms with E-state index in [0.717, 1.165) is 29.9 Å². The maximum absolute atomic E-state index is 12.5. The summed E-state index contributed by atoms with van der Waals surface area (Å²) in [5, 5.41) is 8.22. The number of nitrogens with zero attached hydrogens (tertiary/aromatic N) is 5. The number of benzene rings is 1. The number of hydrogen-bond acceptors (Lipinski definition) is 8. The summed E-state index contributed by atoms with van der Waals surface area (Å²) in [6.45, 7) is 4.02. The molecule has 1 aromatic carbocycles. The van der Waals surface area contributed by atoms with Crippen LogP contribution < -0.4 is 19.7 Å². The minimum Gasteiger partial charge on any atom is -0.485 e. The van der Waals surface area contributed by atoms with Gasteiger partial charge in [0, 0.05) is 19.6 Å². The van der Waals surface area contributed by atoms with E-state index >= 15 is 0 Å². The van der Waals surface area contributed by atoms with Crippen molar-refractivity contribution >= 4 is 22.8 Å². The van der Waals surface area contributed by atoms with Crippen molar-refractivity contribution in [2.45, 2.75) is 12.6 Å². The predicted molar refractivity (Wildman–Crippen MR) is 108 cm³/mol. The minimum atomic E-state index is -0.676. The number of amides is 1. The molecule has 1 fully saturated rings. The molecule has 10 heteroatoms. The van der Waals surface area contributed by atoms with Crippen LogP contribution >= 0.6 is 0 Å². The third-order valence-corrected chi connectivity index (χ3v) is 5.15. The molecule has 156 valence electrons. The quantitative estimate of drug-likeness (QED) is 0.653. The summed E-state index contributed by atoms with van der Waals surface area (Å²) in [5.74, 6) is 1.88. The summed E-state index contributed by atoms with van der Waals surface area (Å²) >= 11 is 0. The lowest BCUT2D eigenvalue weighted by atomic mass is 10.2. The van der Waals surface area contributed by atoms with Gasteiger partial charge in [-0.3, -0.25) is 4.79 Å². The molecule has 2 aromatic heterocycles. The molecule has 0 bridgehead atoms. The van der Waals surface area contributed by atoms with Gasteiger partial charge in [-0.25, -0.2) is 14.6 Å². The lowest BCUT2D eigenvalue weighted by Crippen LogP contribution is -2.44. The van der Waals surface area contributed by atoms with E-state index < -0.39 is 6.10 Å². The van der Waals surface area contributed by atoms with E-state index in [1.165, 1.54) is 0 Å². The first-order valence-corrected chi connectivity index (χ1v) is 9.95. The summed E-state index contributed by atoms with van der Waals surface area (Å²) in [6, 6.07) is 7.32. The third kappa shape index (κ3) is 3.61. The van der Waals surface area contributed by atoms with Gasteiger partial charge in [-0.15, -0.1) is 0 Å². The van der Waals surface area contributed by atoms with Crippen LogP contribution in [0.4, 0.5) is 5.82 Å². The Labute approximate surface area is 172 Å². The summed E-state index contributed by atoms with van der Waals surface area (Å²) < 4.78 is 18.5. The monoisotopic (exact) mass is 410 g/mol. The van der Waals surface area contributed by atoms with E-state index in [0.29, 0.717) is 37.8 Å². The van der Waals surface area contributed by atoms with E-state index in [1.54, 1.807) is 23.3 Å². The molecule has 0 spiro atoms. The van der Waals surface area contributed by atoms with Crippen molar-refractivity contribution in [2.75, 3.05) is 44.4 Å². The van der Waals surface area contributed by atoms with E-state index in [-0.39, 0.29) is 12.5 Å².